The van der Waals surface area contributed by atoms with Gasteiger partial charge in [0.15, 0.2) is 0 Å². The molecule has 2 N–H and O–H groups in total. The van der Waals surface area contributed by atoms with Crippen molar-refractivity contribution >= 4 is 39.6 Å². The third kappa shape index (κ3) is 7.89. The fourth-order valence-corrected chi connectivity index (χ4v) is 9.51. The number of fused-ring (bicyclic) bond motifs is 1. The molecule has 1 aromatic rings. The lowest BCUT2D eigenvalue weighted by Gasteiger charge is -2.47. The summed E-state index contributed by atoms with van der Waals surface area (Å²) in [5, 5.41) is 13.8. The number of benzene rings is 1. The summed E-state index contributed by atoms with van der Waals surface area (Å²) >= 11 is 3.76. The number of hydrogen-bond donors (Lipinski definition) is 2. The molecule has 0 aromatic heterocycles. The zero-order valence-electron chi connectivity index (χ0n) is 30.7. The molecule has 50 heavy (non-hydrogen) atoms. The maximum Gasteiger partial charge on any atom is 0.306 e. The summed E-state index contributed by atoms with van der Waals surface area (Å²) in [6.07, 6.45) is 4.31. The van der Waals surface area contributed by atoms with E-state index in [-0.39, 0.29) is 54.2 Å². The Morgan fingerprint density at radius 1 is 1.16 bits per heavy atom. The van der Waals surface area contributed by atoms with Gasteiger partial charge in [-0.1, -0.05) is 93.0 Å². The second-order valence-electron chi connectivity index (χ2n) is 16.2. The number of esters is 1. The zero-order valence-corrected chi connectivity index (χ0v) is 32.3. The van der Waals surface area contributed by atoms with Crippen molar-refractivity contribution in [2.75, 3.05) is 19.8 Å². The highest BCUT2D eigenvalue weighted by molar-refractivity contribution is 9.09. The van der Waals surface area contributed by atoms with Crippen LogP contribution in [0.5, 0.6) is 0 Å². The summed E-state index contributed by atoms with van der Waals surface area (Å²) in [6.45, 7) is 21.6. The number of alkyl halides is 1. The van der Waals surface area contributed by atoms with Crippen molar-refractivity contribution in [3.63, 3.8) is 0 Å². The Labute approximate surface area is 306 Å². The SMILES string of the molecule is C=CCCC(=O)OC[C@H](NC(=O)[C@@H]1[C@H]2O[C@@]3(CC2Br)[C@H](C(=O)N(CC=C)C(C)(C)CC(C)(C)C)N([C@@H](CO)C(C)C)C(=O)[C@@H]13)c1ccccc1. The Morgan fingerprint density at radius 3 is 2.38 bits per heavy atom. The molecular formula is C39H56BrN3O7. The molecule has 3 saturated heterocycles. The van der Waals surface area contributed by atoms with E-state index in [0.29, 0.717) is 19.3 Å². The first-order valence-corrected chi connectivity index (χ1v) is 18.6. The average molecular weight is 759 g/mol. The number of amides is 3. The van der Waals surface area contributed by atoms with Crippen LogP contribution in [0.1, 0.15) is 85.8 Å². The number of nitrogens with one attached hydrogen (secondary N) is 1. The van der Waals surface area contributed by atoms with Crippen LogP contribution in [0.4, 0.5) is 0 Å². The van der Waals surface area contributed by atoms with Crippen LogP contribution in [-0.4, -0.2) is 92.5 Å². The van der Waals surface area contributed by atoms with Gasteiger partial charge in [-0.25, -0.2) is 0 Å². The normalized spacial score (nSPS) is 27.1. The van der Waals surface area contributed by atoms with E-state index in [4.69, 9.17) is 9.47 Å². The molecule has 3 fully saturated rings. The third-order valence-electron chi connectivity index (χ3n) is 10.3. The van der Waals surface area contributed by atoms with Crippen LogP contribution >= 0.6 is 15.9 Å². The maximum atomic E-state index is 15.1. The molecule has 11 heteroatoms. The molecule has 0 saturated carbocycles. The minimum Gasteiger partial charge on any atom is -0.463 e. The van der Waals surface area contributed by atoms with Crippen molar-refractivity contribution in [3.05, 3.63) is 61.2 Å². The van der Waals surface area contributed by atoms with Crippen molar-refractivity contribution < 1.29 is 33.8 Å². The van der Waals surface area contributed by atoms with Crippen molar-refractivity contribution in [3.8, 4) is 0 Å². The van der Waals surface area contributed by atoms with Crippen molar-refractivity contribution in [1.29, 1.82) is 0 Å². The van der Waals surface area contributed by atoms with E-state index in [1.807, 2.05) is 58.0 Å². The smallest absolute Gasteiger partial charge is 0.306 e. The summed E-state index contributed by atoms with van der Waals surface area (Å²) in [7, 11) is 0. The molecule has 1 unspecified atom stereocenters. The van der Waals surface area contributed by atoms with Crippen molar-refractivity contribution in [2.45, 2.75) is 114 Å². The molecule has 0 aliphatic carbocycles. The lowest BCUT2D eigenvalue weighted by Crippen LogP contribution is -2.63. The van der Waals surface area contributed by atoms with E-state index in [2.05, 4.69) is 55.2 Å². The van der Waals surface area contributed by atoms with Crippen LogP contribution in [0.15, 0.2) is 55.6 Å². The number of aliphatic hydroxyl groups is 1. The van der Waals surface area contributed by atoms with Gasteiger partial charge in [-0.15, -0.1) is 13.2 Å². The van der Waals surface area contributed by atoms with Crippen LogP contribution in [0, 0.1) is 23.2 Å². The van der Waals surface area contributed by atoms with Gasteiger partial charge in [0.25, 0.3) is 0 Å². The van der Waals surface area contributed by atoms with Crippen LogP contribution in [0.25, 0.3) is 0 Å². The van der Waals surface area contributed by atoms with E-state index in [1.54, 1.807) is 17.1 Å². The van der Waals surface area contributed by atoms with E-state index < -0.39 is 59.1 Å². The summed E-state index contributed by atoms with van der Waals surface area (Å²) in [4.78, 5) is 59.8. The summed E-state index contributed by atoms with van der Waals surface area (Å²) in [6, 6.07) is 6.77. The minimum atomic E-state index is -1.31. The van der Waals surface area contributed by atoms with Crippen LogP contribution < -0.4 is 5.32 Å². The van der Waals surface area contributed by atoms with Crippen LogP contribution in [0.2, 0.25) is 0 Å². The fourth-order valence-electron chi connectivity index (χ4n) is 8.57. The Hall–Kier alpha value is -3.02. The van der Waals surface area contributed by atoms with Crippen molar-refractivity contribution in [1.82, 2.24) is 15.1 Å². The fraction of sp³-hybridized carbons (Fsp3) is 0.641. The van der Waals surface area contributed by atoms with Gasteiger partial charge in [-0.3, -0.25) is 19.2 Å². The number of halogens is 1. The van der Waals surface area contributed by atoms with Gasteiger partial charge in [0.05, 0.1) is 36.6 Å². The predicted molar refractivity (Wildman–Crippen MR) is 196 cm³/mol. The highest BCUT2D eigenvalue weighted by Gasteiger charge is 2.77. The molecule has 1 spiro atoms. The van der Waals surface area contributed by atoms with E-state index in [1.165, 1.54) is 4.90 Å². The summed E-state index contributed by atoms with van der Waals surface area (Å²) in [5.41, 5.74) is -1.30. The number of hydrogen-bond acceptors (Lipinski definition) is 7. The van der Waals surface area contributed by atoms with Crippen LogP contribution in [0.3, 0.4) is 0 Å². The molecule has 3 aliphatic rings. The van der Waals surface area contributed by atoms with E-state index in [9.17, 15) is 19.5 Å². The molecule has 3 aliphatic heterocycles. The molecule has 8 atom stereocenters. The number of allylic oxidation sites excluding steroid dienone is 1. The molecule has 2 bridgehead atoms. The topological polar surface area (TPSA) is 125 Å². The second-order valence-corrected chi connectivity index (χ2v) is 17.3. The highest BCUT2D eigenvalue weighted by atomic mass is 79.9. The minimum absolute atomic E-state index is 0.0992. The van der Waals surface area contributed by atoms with Gasteiger partial charge >= 0.3 is 5.97 Å². The van der Waals surface area contributed by atoms with E-state index in [0.717, 1.165) is 5.56 Å². The average Bonchev–Trinajstić information content (AvgIpc) is 3.63. The largest absolute Gasteiger partial charge is 0.463 e. The summed E-state index contributed by atoms with van der Waals surface area (Å²) < 4.78 is 12.4. The second kappa shape index (κ2) is 15.7. The molecule has 10 nitrogen and oxygen atoms in total. The number of carbonyl (C=O) groups excluding carboxylic acids is 4. The number of carbonyl (C=O) groups is 4. The van der Waals surface area contributed by atoms with Gasteiger partial charge in [0, 0.05) is 23.3 Å². The highest BCUT2D eigenvalue weighted by Crippen LogP contribution is 2.61. The molecule has 0 radical (unpaired) electrons. The lowest BCUT2D eigenvalue weighted by molar-refractivity contribution is -0.156. The van der Waals surface area contributed by atoms with Gasteiger partial charge in [-0.2, -0.15) is 0 Å². The predicted octanol–water partition coefficient (Wildman–Crippen LogP) is 5.35. The lowest BCUT2D eigenvalue weighted by atomic mass is 9.70. The van der Waals surface area contributed by atoms with E-state index >= 15 is 4.79 Å². The Kier molecular flexibility index (Phi) is 12.5. The maximum absolute atomic E-state index is 15.1. The molecule has 1 aromatic carbocycles. The van der Waals surface area contributed by atoms with Gasteiger partial charge < -0.3 is 29.7 Å². The monoisotopic (exact) mass is 757 g/mol. The Morgan fingerprint density at radius 2 is 1.82 bits per heavy atom. The molecule has 3 heterocycles. The number of rotatable bonds is 16. The Bertz CT molecular complexity index is 1430. The first kappa shape index (κ1) is 39.8. The number of likely N-dealkylation sites (tertiary alicyclic amines) is 1. The molecular weight excluding hydrogens is 702 g/mol. The summed E-state index contributed by atoms with van der Waals surface area (Å²) in [5.74, 6) is -3.59. The molecule has 4 rings (SSSR count). The van der Waals surface area contributed by atoms with Crippen molar-refractivity contribution in [2.24, 2.45) is 23.2 Å². The number of aliphatic hydroxyl groups excluding tert-OH is 1. The third-order valence-corrected chi connectivity index (χ3v) is 11.2. The first-order valence-electron chi connectivity index (χ1n) is 17.7. The van der Waals surface area contributed by atoms with Gasteiger partial charge in [-0.05, 0) is 50.0 Å². The van der Waals surface area contributed by atoms with Gasteiger partial charge in [0.2, 0.25) is 17.7 Å². The first-order chi connectivity index (χ1) is 23.4. The number of nitrogens with zero attached hydrogens (tertiary/aromatic N) is 2. The molecule has 3 amide bonds. The number of ether oxygens (including phenoxy) is 2. The quantitative estimate of drug-likeness (QED) is 0.132. The zero-order chi connectivity index (χ0) is 37.2. The Balaban J connectivity index is 1.76. The standard InChI is InChI=1S/C39H56BrN3O7/c1-10-12-18-29(45)49-22-27(25-16-14-13-15-17-25)41-34(46)30-31-35(47)43(28(21-44)24(3)4)33(39(31)20-26(40)32(30)50-39)36(48)42(19-11-2)38(8,9)23-37(5,6)7/h10-11,13-17,24,26-28,30-33,44H,1-2,12,18-23H2,3-9H3,(H,41,46)/t26?,27-,28-,30-,31+,32-,33-,39+/m0/s1. The van der Waals surface area contributed by atoms with Gasteiger partial charge in [0.1, 0.15) is 18.2 Å². The van der Waals surface area contributed by atoms with Crippen LogP contribution in [-0.2, 0) is 28.7 Å². The molecule has 276 valence electrons.